The molecular weight excluding hydrogens is 309 g/mol. The molecule has 1 heterocycles. The van der Waals surface area contributed by atoms with Crippen LogP contribution in [0.25, 0.3) is 0 Å². The minimum atomic E-state index is -4.41. The quantitative estimate of drug-likeness (QED) is 0.919. The van der Waals surface area contributed by atoms with Gasteiger partial charge in [0, 0.05) is 20.2 Å². The predicted molar refractivity (Wildman–Crippen MR) is 79.9 cm³/mol. The van der Waals surface area contributed by atoms with Crippen LogP contribution < -0.4 is 5.32 Å². The molecule has 1 fully saturated rings. The first-order chi connectivity index (χ1) is 10.8. The van der Waals surface area contributed by atoms with Crippen LogP contribution in [0.15, 0.2) is 24.3 Å². The van der Waals surface area contributed by atoms with Gasteiger partial charge in [-0.1, -0.05) is 19.1 Å². The number of rotatable bonds is 4. The van der Waals surface area contributed by atoms with Crippen molar-refractivity contribution in [2.24, 2.45) is 5.92 Å². The van der Waals surface area contributed by atoms with Crippen LogP contribution in [0.2, 0.25) is 0 Å². The van der Waals surface area contributed by atoms with Gasteiger partial charge in [0.2, 0.25) is 0 Å². The SMILES string of the molecule is COCC(NC(=O)N1CCC(C)C1)c1cccc(C(F)(F)F)c1. The molecule has 0 bridgehead atoms. The fourth-order valence-electron chi connectivity index (χ4n) is 2.68. The van der Waals surface area contributed by atoms with Crippen LogP contribution in [-0.4, -0.2) is 37.7 Å². The highest BCUT2D eigenvalue weighted by molar-refractivity contribution is 5.75. The van der Waals surface area contributed by atoms with E-state index in [1.54, 1.807) is 11.0 Å². The first kappa shape index (κ1) is 17.6. The molecule has 7 heteroatoms. The number of nitrogens with zero attached hydrogens (tertiary/aromatic N) is 1. The Labute approximate surface area is 133 Å². The number of hydrogen-bond donors (Lipinski definition) is 1. The molecule has 2 amide bonds. The number of amides is 2. The molecule has 0 saturated carbocycles. The Morgan fingerprint density at radius 1 is 1.48 bits per heavy atom. The van der Waals surface area contributed by atoms with Gasteiger partial charge in [-0.25, -0.2) is 4.79 Å². The highest BCUT2D eigenvalue weighted by Gasteiger charge is 2.31. The highest BCUT2D eigenvalue weighted by atomic mass is 19.4. The summed E-state index contributed by atoms with van der Waals surface area (Å²) in [6.45, 7) is 3.49. The number of alkyl halides is 3. The van der Waals surface area contributed by atoms with Gasteiger partial charge >= 0.3 is 12.2 Å². The lowest BCUT2D eigenvalue weighted by Gasteiger charge is -2.24. The molecule has 2 atom stereocenters. The maximum Gasteiger partial charge on any atom is 0.416 e. The van der Waals surface area contributed by atoms with Crippen LogP contribution in [-0.2, 0) is 10.9 Å². The molecule has 2 rings (SSSR count). The molecule has 1 saturated heterocycles. The Kier molecular flexibility index (Phi) is 5.51. The minimum Gasteiger partial charge on any atom is -0.382 e. The van der Waals surface area contributed by atoms with Gasteiger partial charge in [0.05, 0.1) is 18.2 Å². The zero-order valence-electron chi connectivity index (χ0n) is 13.2. The van der Waals surface area contributed by atoms with Crippen molar-refractivity contribution in [1.29, 1.82) is 0 Å². The molecule has 1 aromatic rings. The molecule has 0 radical (unpaired) electrons. The molecule has 4 nitrogen and oxygen atoms in total. The number of nitrogens with one attached hydrogen (secondary N) is 1. The molecule has 0 aromatic heterocycles. The molecule has 1 aliphatic rings. The zero-order chi connectivity index (χ0) is 17.0. The van der Waals surface area contributed by atoms with Gasteiger partial charge < -0.3 is 15.0 Å². The van der Waals surface area contributed by atoms with Crippen LogP contribution in [0, 0.1) is 5.92 Å². The van der Waals surface area contributed by atoms with Gasteiger partial charge in [-0.15, -0.1) is 0 Å². The Morgan fingerprint density at radius 2 is 2.22 bits per heavy atom. The maximum absolute atomic E-state index is 12.8. The molecule has 2 unspecified atom stereocenters. The van der Waals surface area contributed by atoms with Gasteiger partial charge in [-0.05, 0) is 30.0 Å². The normalized spacial score (nSPS) is 19.7. The van der Waals surface area contributed by atoms with Crippen molar-refractivity contribution in [1.82, 2.24) is 10.2 Å². The van der Waals surface area contributed by atoms with Crippen molar-refractivity contribution in [3.05, 3.63) is 35.4 Å². The lowest BCUT2D eigenvalue weighted by atomic mass is 10.0. The zero-order valence-corrected chi connectivity index (χ0v) is 13.2. The number of ether oxygens (including phenoxy) is 1. The summed E-state index contributed by atoms with van der Waals surface area (Å²) in [5.74, 6) is 0.440. The average molecular weight is 330 g/mol. The molecular formula is C16H21F3N2O2. The fourth-order valence-corrected chi connectivity index (χ4v) is 2.68. The van der Waals surface area contributed by atoms with E-state index >= 15 is 0 Å². The van der Waals surface area contributed by atoms with Crippen molar-refractivity contribution in [3.63, 3.8) is 0 Å². The van der Waals surface area contributed by atoms with Crippen molar-refractivity contribution < 1.29 is 22.7 Å². The minimum absolute atomic E-state index is 0.108. The van der Waals surface area contributed by atoms with Gasteiger partial charge in [-0.2, -0.15) is 13.2 Å². The number of carbonyl (C=O) groups is 1. The van der Waals surface area contributed by atoms with Crippen LogP contribution >= 0.6 is 0 Å². The molecule has 0 spiro atoms. The molecule has 1 aliphatic heterocycles. The summed E-state index contributed by atoms with van der Waals surface area (Å²) in [4.78, 5) is 13.9. The number of urea groups is 1. The number of likely N-dealkylation sites (tertiary alicyclic amines) is 1. The predicted octanol–water partition coefficient (Wildman–Crippen LogP) is 3.44. The second-order valence-electron chi connectivity index (χ2n) is 5.92. The summed E-state index contributed by atoms with van der Waals surface area (Å²) in [5, 5.41) is 2.77. The van der Waals surface area contributed by atoms with Gasteiger partial charge in [0.25, 0.3) is 0 Å². The number of benzene rings is 1. The largest absolute Gasteiger partial charge is 0.416 e. The van der Waals surface area contributed by atoms with Crippen molar-refractivity contribution in [3.8, 4) is 0 Å². The van der Waals surface area contributed by atoms with Gasteiger partial charge in [0.15, 0.2) is 0 Å². The molecule has 1 aromatic carbocycles. The van der Waals surface area contributed by atoms with E-state index < -0.39 is 17.8 Å². The molecule has 0 aliphatic carbocycles. The van der Waals surface area contributed by atoms with E-state index in [4.69, 9.17) is 4.74 Å². The monoisotopic (exact) mass is 330 g/mol. The average Bonchev–Trinajstić information content (AvgIpc) is 2.93. The first-order valence-electron chi connectivity index (χ1n) is 7.52. The third-order valence-electron chi connectivity index (χ3n) is 3.96. The summed E-state index contributed by atoms with van der Waals surface area (Å²) in [5.41, 5.74) is -0.359. The maximum atomic E-state index is 12.8. The number of hydrogen-bond acceptors (Lipinski definition) is 2. The lowest BCUT2D eigenvalue weighted by Crippen LogP contribution is -2.41. The van der Waals surface area contributed by atoms with E-state index in [1.165, 1.54) is 13.2 Å². The third-order valence-corrected chi connectivity index (χ3v) is 3.96. The van der Waals surface area contributed by atoms with Gasteiger partial charge in [-0.3, -0.25) is 0 Å². The van der Waals surface area contributed by atoms with Crippen LogP contribution in [0.1, 0.15) is 30.5 Å². The number of carbonyl (C=O) groups excluding carboxylic acids is 1. The summed E-state index contributed by atoms with van der Waals surface area (Å²) >= 11 is 0. The Balaban J connectivity index is 2.13. The number of methoxy groups -OCH3 is 1. The fraction of sp³-hybridized carbons (Fsp3) is 0.562. The van der Waals surface area contributed by atoms with Crippen molar-refractivity contribution in [2.45, 2.75) is 25.6 Å². The number of halogens is 3. The first-order valence-corrected chi connectivity index (χ1v) is 7.52. The van der Waals surface area contributed by atoms with Gasteiger partial charge in [0.1, 0.15) is 0 Å². The third kappa shape index (κ3) is 4.60. The van der Waals surface area contributed by atoms with Crippen LogP contribution in [0.3, 0.4) is 0 Å². The second kappa shape index (κ2) is 7.21. The highest BCUT2D eigenvalue weighted by Crippen LogP contribution is 2.31. The van der Waals surface area contributed by atoms with E-state index in [9.17, 15) is 18.0 Å². The van der Waals surface area contributed by atoms with E-state index in [0.29, 0.717) is 24.6 Å². The Morgan fingerprint density at radius 3 is 2.78 bits per heavy atom. The molecule has 128 valence electrons. The van der Waals surface area contributed by atoms with Crippen molar-refractivity contribution >= 4 is 6.03 Å². The smallest absolute Gasteiger partial charge is 0.382 e. The summed E-state index contributed by atoms with van der Waals surface area (Å²) < 4.78 is 43.6. The van der Waals surface area contributed by atoms with E-state index in [2.05, 4.69) is 12.2 Å². The lowest BCUT2D eigenvalue weighted by molar-refractivity contribution is -0.137. The second-order valence-corrected chi connectivity index (χ2v) is 5.92. The van der Waals surface area contributed by atoms with E-state index in [-0.39, 0.29) is 12.6 Å². The van der Waals surface area contributed by atoms with Crippen molar-refractivity contribution in [2.75, 3.05) is 26.8 Å². The van der Waals surface area contributed by atoms with E-state index in [1.807, 2.05) is 0 Å². The summed E-state index contributed by atoms with van der Waals surface area (Å²) in [7, 11) is 1.45. The molecule has 1 N–H and O–H groups in total. The van der Waals surface area contributed by atoms with E-state index in [0.717, 1.165) is 18.6 Å². The Bertz CT molecular complexity index is 548. The van der Waals surface area contributed by atoms with Crippen LogP contribution in [0.5, 0.6) is 0 Å². The molecule has 23 heavy (non-hydrogen) atoms. The topological polar surface area (TPSA) is 41.6 Å². The summed E-state index contributed by atoms with van der Waals surface area (Å²) in [6.07, 6.45) is -3.48. The standard InChI is InChI=1S/C16H21F3N2O2/c1-11-6-7-21(9-11)15(22)20-14(10-23-2)12-4-3-5-13(8-12)16(17,18)19/h3-5,8,11,14H,6-7,9-10H2,1-2H3,(H,20,22). The summed E-state index contributed by atoms with van der Waals surface area (Å²) in [6, 6.07) is 4.07. The van der Waals surface area contributed by atoms with Crippen LogP contribution in [0.4, 0.5) is 18.0 Å². The Hall–Kier alpha value is -1.76.